The molecule has 0 heterocycles. The Labute approximate surface area is 163 Å². The van der Waals surface area contributed by atoms with Crippen LogP contribution in [0.4, 0.5) is 5.69 Å². The van der Waals surface area contributed by atoms with Crippen LogP contribution in [0, 0.1) is 0 Å². The van der Waals surface area contributed by atoms with Gasteiger partial charge in [-0.3, -0.25) is 4.79 Å². The van der Waals surface area contributed by atoms with E-state index in [0.717, 1.165) is 0 Å². The van der Waals surface area contributed by atoms with Gasteiger partial charge in [-0.2, -0.15) is 0 Å². The van der Waals surface area contributed by atoms with E-state index in [1.165, 1.54) is 6.92 Å². The molecule has 0 unspecified atom stereocenters. The number of hydrogen-bond acceptors (Lipinski definition) is 5. The van der Waals surface area contributed by atoms with E-state index < -0.39 is 18.0 Å². The molecule has 0 saturated carbocycles. The minimum absolute atomic E-state index is 0.268. The number of hydrogen-bond donors (Lipinski definition) is 1. The second-order valence-electron chi connectivity index (χ2n) is 5.57. The first-order valence-electron chi connectivity index (χ1n) is 8.61. The third-order valence-electron chi connectivity index (χ3n) is 3.52. The van der Waals surface area contributed by atoms with Gasteiger partial charge in [0.05, 0.1) is 18.8 Å². The van der Waals surface area contributed by atoms with Gasteiger partial charge in [-0.1, -0.05) is 17.7 Å². The first-order chi connectivity index (χ1) is 12.9. The number of anilines is 1. The first-order valence-corrected chi connectivity index (χ1v) is 8.99. The summed E-state index contributed by atoms with van der Waals surface area (Å²) in [5.74, 6) is -0.0955. The molecule has 0 aromatic heterocycles. The molecule has 2 aromatic rings. The average molecular weight is 392 g/mol. The van der Waals surface area contributed by atoms with Gasteiger partial charge >= 0.3 is 5.97 Å². The molecule has 0 aliphatic rings. The highest BCUT2D eigenvalue weighted by molar-refractivity contribution is 6.30. The minimum Gasteiger partial charge on any atom is -0.490 e. The van der Waals surface area contributed by atoms with Crippen molar-refractivity contribution in [1.82, 2.24) is 0 Å². The topological polar surface area (TPSA) is 73.9 Å². The number of ether oxygens (including phenoxy) is 3. The third kappa shape index (κ3) is 5.89. The summed E-state index contributed by atoms with van der Waals surface area (Å²) in [7, 11) is 0. The molecule has 1 atom stereocenters. The Morgan fingerprint density at radius 3 is 2.41 bits per heavy atom. The number of benzene rings is 2. The lowest BCUT2D eigenvalue weighted by molar-refractivity contribution is -0.123. The Morgan fingerprint density at radius 2 is 1.74 bits per heavy atom. The molecule has 0 spiro atoms. The van der Waals surface area contributed by atoms with Gasteiger partial charge in [0.15, 0.2) is 17.6 Å². The maximum Gasteiger partial charge on any atom is 0.339 e. The average Bonchev–Trinajstić information content (AvgIpc) is 2.63. The smallest absolute Gasteiger partial charge is 0.339 e. The van der Waals surface area contributed by atoms with E-state index >= 15 is 0 Å². The fraction of sp³-hybridized carbons (Fsp3) is 0.300. The normalized spacial score (nSPS) is 11.4. The lowest BCUT2D eigenvalue weighted by Crippen LogP contribution is -2.30. The fourth-order valence-electron chi connectivity index (χ4n) is 2.27. The Bertz CT molecular complexity index is 809. The minimum atomic E-state index is -0.987. The summed E-state index contributed by atoms with van der Waals surface area (Å²) in [6.07, 6.45) is -0.987. The highest BCUT2D eigenvalue weighted by atomic mass is 35.5. The van der Waals surface area contributed by atoms with Crippen LogP contribution < -0.4 is 14.8 Å². The monoisotopic (exact) mass is 391 g/mol. The number of nitrogens with one attached hydrogen (secondary N) is 1. The molecule has 2 rings (SSSR count). The zero-order valence-corrected chi connectivity index (χ0v) is 16.2. The Balaban J connectivity index is 2.04. The molecule has 0 bridgehead atoms. The number of rotatable bonds is 8. The maximum atomic E-state index is 12.4. The third-order valence-corrected chi connectivity index (χ3v) is 3.76. The quantitative estimate of drug-likeness (QED) is 0.678. The van der Waals surface area contributed by atoms with Crippen LogP contribution in [0.2, 0.25) is 5.02 Å². The molecule has 1 N–H and O–H groups in total. The van der Waals surface area contributed by atoms with Crippen LogP contribution in [0.25, 0.3) is 0 Å². The summed E-state index contributed by atoms with van der Waals surface area (Å²) in [5, 5.41) is 3.15. The summed E-state index contributed by atoms with van der Waals surface area (Å²) < 4.78 is 16.2. The van der Waals surface area contributed by atoms with Crippen LogP contribution in [-0.2, 0) is 9.53 Å². The van der Waals surface area contributed by atoms with E-state index in [9.17, 15) is 9.59 Å². The van der Waals surface area contributed by atoms with Crippen LogP contribution in [0.3, 0.4) is 0 Å². The zero-order chi connectivity index (χ0) is 19.8. The van der Waals surface area contributed by atoms with Crippen molar-refractivity contribution in [2.75, 3.05) is 18.5 Å². The molecule has 27 heavy (non-hydrogen) atoms. The molecule has 144 valence electrons. The zero-order valence-electron chi connectivity index (χ0n) is 15.5. The van der Waals surface area contributed by atoms with Crippen molar-refractivity contribution in [3.05, 3.63) is 53.1 Å². The van der Waals surface area contributed by atoms with E-state index in [-0.39, 0.29) is 5.56 Å². The highest BCUT2D eigenvalue weighted by Gasteiger charge is 2.20. The van der Waals surface area contributed by atoms with Crippen LogP contribution in [0.5, 0.6) is 11.5 Å². The van der Waals surface area contributed by atoms with E-state index in [0.29, 0.717) is 35.4 Å². The molecule has 2 aromatic carbocycles. The molecule has 0 radical (unpaired) electrons. The Kier molecular flexibility index (Phi) is 7.49. The predicted molar refractivity (Wildman–Crippen MR) is 104 cm³/mol. The van der Waals surface area contributed by atoms with Crippen molar-refractivity contribution in [2.45, 2.75) is 26.9 Å². The molecule has 0 aliphatic carbocycles. The van der Waals surface area contributed by atoms with Crippen LogP contribution in [0.1, 0.15) is 31.1 Å². The number of esters is 1. The Morgan fingerprint density at radius 1 is 1.04 bits per heavy atom. The summed E-state index contributed by atoms with van der Waals surface area (Å²) in [4.78, 5) is 24.6. The van der Waals surface area contributed by atoms with Gasteiger partial charge in [-0.05, 0) is 57.2 Å². The van der Waals surface area contributed by atoms with Crippen molar-refractivity contribution in [3.8, 4) is 11.5 Å². The Hall–Kier alpha value is -2.73. The largest absolute Gasteiger partial charge is 0.490 e. The summed E-state index contributed by atoms with van der Waals surface area (Å²) in [5.41, 5.74) is 0.791. The molecular formula is C20H22ClNO5. The van der Waals surface area contributed by atoms with Gasteiger partial charge in [0, 0.05) is 10.7 Å². The van der Waals surface area contributed by atoms with Crippen molar-refractivity contribution in [2.24, 2.45) is 0 Å². The van der Waals surface area contributed by atoms with Crippen molar-refractivity contribution >= 4 is 29.2 Å². The lowest BCUT2D eigenvalue weighted by Gasteiger charge is -2.15. The predicted octanol–water partition coefficient (Wildman–Crippen LogP) is 4.32. The van der Waals surface area contributed by atoms with Crippen molar-refractivity contribution in [1.29, 1.82) is 0 Å². The van der Waals surface area contributed by atoms with Crippen molar-refractivity contribution < 1.29 is 23.8 Å². The molecule has 7 heteroatoms. The second kappa shape index (κ2) is 9.83. The molecule has 0 fully saturated rings. The molecular weight excluding hydrogens is 370 g/mol. The van der Waals surface area contributed by atoms with E-state index in [1.807, 2.05) is 13.8 Å². The van der Waals surface area contributed by atoms with Gasteiger partial charge in [-0.15, -0.1) is 0 Å². The fourth-order valence-corrected chi connectivity index (χ4v) is 2.46. The number of halogens is 1. The molecule has 6 nitrogen and oxygen atoms in total. The van der Waals surface area contributed by atoms with Gasteiger partial charge in [0.2, 0.25) is 0 Å². The first kappa shape index (κ1) is 20.6. The molecule has 0 aliphatic heterocycles. The highest BCUT2D eigenvalue weighted by Crippen LogP contribution is 2.29. The van der Waals surface area contributed by atoms with E-state index in [1.54, 1.807) is 42.5 Å². The molecule has 0 saturated heterocycles. The van der Waals surface area contributed by atoms with Crippen LogP contribution in [0.15, 0.2) is 42.5 Å². The van der Waals surface area contributed by atoms with Gasteiger partial charge in [0.1, 0.15) is 0 Å². The lowest BCUT2D eigenvalue weighted by atomic mass is 10.2. The van der Waals surface area contributed by atoms with E-state index in [2.05, 4.69) is 5.32 Å². The van der Waals surface area contributed by atoms with Gasteiger partial charge in [0.25, 0.3) is 5.91 Å². The molecule has 1 amide bonds. The van der Waals surface area contributed by atoms with Crippen LogP contribution in [-0.4, -0.2) is 31.2 Å². The number of carbonyl (C=O) groups is 2. The van der Waals surface area contributed by atoms with Gasteiger partial charge in [-0.25, -0.2) is 4.79 Å². The summed E-state index contributed by atoms with van der Waals surface area (Å²) >= 11 is 5.89. The van der Waals surface area contributed by atoms with E-state index in [4.69, 9.17) is 25.8 Å². The number of amides is 1. The summed E-state index contributed by atoms with van der Waals surface area (Å²) in [6, 6.07) is 11.5. The number of carbonyl (C=O) groups excluding carboxylic acids is 2. The SMILES string of the molecule is CCOc1ccc(C(=O)O[C@@H](C)C(=O)Nc2cccc(Cl)c2)cc1OCC. The van der Waals surface area contributed by atoms with Gasteiger partial charge < -0.3 is 19.5 Å². The second-order valence-corrected chi connectivity index (χ2v) is 6.01. The summed E-state index contributed by atoms with van der Waals surface area (Å²) in [6.45, 7) is 6.10. The standard InChI is InChI=1S/C20H22ClNO5/c1-4-25-17-10-9-14(11-18(17)26-5-2)20(24)27-13(3)19(23)22-16-8-6-7-15(21)12-16/h6-13H,4-5H2,1-3H3,(H,22,23)/t13-/m0/s1. The van der Waals surface area contributed by atoms with Crippen molar-refractivity contribution in [3.63, 3.8) is 0 Å². The van der Waals surface area contributed by atoms with Crippen LogP contribution >= 0.6 is 11.6 Å². The maximum absolute atomic E-state index is 12.4.